The Morgan fingerprint density at radius 3 is 1.41 bits per heavy atom. The second-order valence-electron chi connectivity index (χ2n) is 15.9. The molecule has 0 aliphatic heterocycles. The van der Waals surface area contributed by atoms with Crippen molar-refractivity contribution in [1.29, 1.82) is 0 Å². The van der Waals surface area contributed by atoms with Gasteiger partial charge in [0.2, 0.25) is 0 Å². The zero-order chi connectivity index (χ0) is 43.9. The van der Waals surface area contributed by atoms with Crippen molar-refractivity contribution in [1.82, 2.24) is 0 Å². The van der Waals surface area contributed by atoms with Gasteiger partial charge in [0.15, 0.2) is 0 Å². The highest BCUT2D eigenvalue weighted by Gasteiger charge is 2.32. The number of fused-ring (bicyclic) bond motifs is 8. The fraction of sp³-hybridized carbons (Fsp3) is 0.0357. The Morgan fingerprint density at radius 1 is 0.328 bits per heavy atom. The Labute approximate surface area is 361 Å². The van der Waals surface area contributed by atoms with Crippen molar-refractivity contribution in [2.45, 2.75) is 12.5 Å². The molecule has 11 rings (SSSR count). The van der Waals surface area contributed by atoms with Crippen LogP contribution in [0.2, 0.25) is 0 Å². The molecule has 0 atom stereocenters. The van der Waals surface area contributed by atoms with Crippen LogP contribution >= 0.6 is 0 Å². The van der Waals surface area contributed by atoms with E-state index in [1.807, 2.05) is 91.0 Å². The molecule has 0 spiro atoms. The molecule has 0 aliphatic carbocycles. The second-order valence-corrected chi connectivity index (χ2v) is 15.9. The number of halogens is 7. The van der Waals surface area contributed by atoms with Gasteiger partial charge in [-0.05, 0) is 170 Å². The standard InChI is InChI=1S/C56H31F7O/c57-39-20-25-42-37(27-39)31-50(46-15-6-4-13-44(42)46)54-47-23-18-34(32-16-21-40(22-17-32)64-56(61,62)63)28-51(47)53(49-30-36-8-1-2-11-41(36)43-12-3-5-14-45(43)49)48-24-19-35(29-52(48)54)33-9-7-10-38(26-33)55(58,59)60/h1-31H. The van der Waals surface area contributed by atoms with Crippen molar-refractivity contribution < 1.29 is 35.5 Å². The van der Waals surface area contributed by atoms with E-state index < -0.39 is 23.9 Å². The molecule has 11 aromatic carbocycles. The topological polar surface area (TPSA) is 9.23 Å². The lowest BCUT2D eigenvalue weighted by Gasteiger charge is -2.22. The zero-order valence-corrected chi connectivity index (χ0v) is 33.5. The van der Waals surface area contributed by atoms with E-state index in [4.69, 9.17) is 0 Å². The van der Waals surface area contributed by atoms with Crippen molar-refractivity contribution in [3.63, 3.8) is 0 Å². The number of hydrogen-bond donors (Lipinski definition) is 0. The van der Waals surface area contributed by atoms with E-state index in [0.29, 0.717) is 22.1 Å². The highest BCUT2D eigenvalue weighted by Crippen LogP contribution is 2.50. The predicted molar refractivity (Wildman–Crippen MR) is 245 cm³/mol. The minimum atomic E-state index is -4.85. The predicted octanol–water partition coefficient (Wildman–Crippen LogP) is 17.3. The first-order valence-electron chi connectivity index (χ1n) is 20.5. The summed E-state index contributed by atoms with van der Waals surface area (Å²) >= 11 is 0. The van der Waals surface area contributed by atoms with E-state index in [9.17, 15) is 26.3 Å². The molecule has 1 nitrogen and oxygen atoms in total. The maximum atomic E-state index is 15.1. The average Bonchev–Trinajstić information content (AvgIpc) is 3.29. The fourth-order valence-corrected chi connectivity index (χ4v) is 9.44. The van der Waals surface area contributed by atoms with Gasteiger partial charge in [-0.3, -0.25) is 0 Å². The molecule has 0 fully saturated rings. The van der Waals surface area contributed by atoms with E-state index in [1.165, 1.54) is 30.3 Å². The monoisotopic (exact) mass is 852 g/mol. The first kappa shape index (κ1) is 39.2. The third kappa shape index (κ3) is 6.74. The van der Waals surface area contributed by atoms with Gasteiger partial charge in [-0.25, -0.2) is 4.39 Å². The van der Waals surface area contributed by atoms with Crippen molar-refractivity contribution in [3.8, 4) is 50.3 Å². The molecule has 0 saturated carbocycles. The average molecular weight is 853 g/mol. The van der Waals surface area contributed by atoms with Crippen LogP contribution in [0.3, 0.4) is 0 Å². The van der Waals surface area contributed by atoms with Crippen LogP contribution in [-0.4, -0.2) is 6.36 Å². The molecule has 0 aromatic heterocycles. The van der Waals surface area contributed by atoms with Crippen LogP contribution in [0.25, 0.3) is 109 Å². The number of ether oxygens (including phenoxy) is 1. The lowest BCUT2D eigenvalue weighted by molar-refractivity contribution is -0.274. The molecule has 0 heterocycles. The fourth-order valence-electron chi connectivity index (χ4n) is 9.44. The SMILES string of the molecule is Fc1ccc2c(c1)cc(-c1c3ccc(-c4ccc(OC(F)(F)F)cc4)cc3c(-c3cc4ccccc4c4ccccc34)c3ccc(-c4cccc(C(F)(F)F)c4)cc13)c1ccccc12. The van der Waals surface area contributed by atoms with E-state index in [1.54, 1.807) is 24.3 Å². The molecular formula is C56H31F7O. The lowest BCUT2D eigenvalue weighted by Crippen LogP contribution is -2.16. The maximum absolute atomic E-state index is 15.1. The molecule has 0 saturated heterocycles. The molecule has 310 valence electrons. The lowest BCUT2D eigenvalue weighted by atomic mass is 9.81. The summed E-state index contributed by atoms with van der Waals surface area (Å²) in [5, 5.41) is 10.6. The normalized spacial score (nSPS) is 12.3. The Bertz CT molecular complexity index is 3680. The van der Waals surface area contributed by atoms with Gasteiger partial charge in [-0.15, -0.1) is 13.2 Å². The summed E-state index contributed by atoms with van der Waals surface area (Å²) in [6, 6.07) is 55.8. The summed E-state index contributed by atoms with van der Waals surface area (Å²) in [6.07, 6.45) is -9.40. The Hall–Kier alpha value is -7.71. The Morgan fingerprint density at radius 2 is 0.812 bits per heavy atom. The molecule has 0 radical (unpaired) electrons. The van der Waals surface area contributed by atoms with Gasteiger partial charge in [0.25, 0.3) is 0 Å². The van der Waals surface area contributed by atoms with E-state index >= 15 is 4.39 Å². The van der Waals surface area contributed by atoms with Crippen molar-refractivity contribution in [2.75, 3.05) is 0 Å². The van der Waals surface area contributed by atoms with Gasteiger partial charge >= 0.3 is 12.5 Å². The molecule has 0 unspecified atom stereocenters. The Kier molecular flexibility index (Phi) is 8.99. The molecule has 0 aliphatic rings. The summed E-state index contributed by atoms with van der Waals surface area (Å²) in [6.45, 7) is 0. The third-order valence-electron chi connectivity index (χ3n) is 12.2. The highest BCUT2D eigenvalue weighted by molar-refractivity contribution is 6.29. The number of rotatable bonds is 5. The number of benzene rings is 11. The van der Waals surface area contributed by atoms with E-state index in [0.717, 1.165) is 99.2 Å². The van der Waals surface area contributed by atoms with Crippen LogP contribution in [0, 0.1) is 5.82 Å². The molecule has 64 heavy (non-hydrogen) atoms. The molecule has 8 heteroatoms. The summed E-state index contributed by atoms with van der Waals surface area (Å²) < 4.78 is 101. The molecule has 0 amide bonds. The Balaban J connectivity index is 1.31. The van der Waals surface area contributed by atoms with Crippen molar-refractivity contribution in [3.05, 3.63) is 199 Å². The van der Waals surface area contributed by atoms with Crippen LogP contribution < -0.4 is 4.74 Å². The van der Waals surface area contributed by atoms with Gasteiger partial charge in [-0.1, -0.05) is 127 Å². The summed E-state index contributed by atoms with van der Waals surface area (Å²) in [5.74, 6) is -0.741. The first-order valence-corrected chi connectivity index (χ1v) is 20.5. The number of alkyl halides is 6. The zero-order valence-electron chi connectivity index (χ0n) is 33.5. The van der Waals surface area contributed by atoms with Gasteiger partial charge in [-0.2, -0.15) is 13.2 Å². The maximum Gasteiger partial charge on any atom is 0.573 e. The quantitative estimate of drug-likeness (QED) is 0.0952. The summed E-state index contributed by atoms with van der Waals surface area (Å²) in [5.41, 5.74) is 4.94. The van der Waals surface area contributed by atoms with Gasteiger partial charge in [0.05, 0.1) is 5.56 Å². The van der Waals surface area contributed by atoms with Crippen LogP contribution in [0.1, 0.15) is 5.56 Å². The van der Waals surface area contributed by atoms with Crippen molar-refractivity contribution >= 4 is 64.6 Å². The van der Waals surface area contributed by atoms with Gasteiger partial charge < -0.3 is 4.74 Å². The number of hydrogen-bond acceptors (Lipinski definition) is 1. The summed E-state index contributed by atoms with van der Waals surface area (Å²) in [7, 11) is 0. The largest absolute Gasteiger partial charge is 0.573 e. The highest BCUT2D eigenvalue weighted by atomic mass is 19.4. The molecule has 0 bridgehead atoms. The van der Waals surface area contributed by atoms with Crippen LogP contribution in [0.15, 0.2) is 188 Å². The van der Waals surface area contributed by atoms with Crippen LogP contribution in [-0.2, 0) is 6.18 Å². The third-order valence-corrected chi connectivity index (χ3v) is 12.2. The molecule has 0 N–H and O–H groups in total. The first-order chi connectivity index (χ1) is 30.9. The van der Waals surface area contributed by atoms with Crippen LogP contribution in [0.4, 0.5) is 30.7 Å². The van der Waals surface area contributed by atoms with Crippen LogP contribution in [0.5, 0.6) is 5.75 Å². The van der Waals surface area contributed by atoms with Gasteiger partial charge in [0, 0.05) is 0 Å². The minimum Gasteiger partial charge on any atom is -0.406 e. The second kappa shape index (κ2) is 14.7. The molecular weight excluding hydrogens is 822 g/mol. The van der Waals surface area contributed by atoms with Crippen molar-refractivity contribution in [2.24, 2.45) is 0 Å². The smallest absolute Gasteiger partial charge is 0.406 e. The summed E-state index contributed by atoms with van der Waals surface area (Å²) in [4.78, 5) is 0. The minimum absolute atomic E-state index is 0.343. The molecule has 11 aromatic rings. The van der Waals surface area contributed by atoms with E-state index in [-0.39, 0.29) is 5.75 Å². The van der Waals surface area contributed by atoms with Gasteiger partial charge in [0.1, 0.15) is 11.6 Å². The van der Waals surface area contributed by atoms with E-state index in [2.05, 4.69) is 35.1 Å².